The number of esters is 1. The van der Waals surface area contributed by atoms with Gasteiger partial charge in [-0.2, -0.15) is 0 Å². The summed E-state index contributed by atoms with van der Waals surface area (Å²) in [5, 5.41) is 0.323. The SMILES string of the molecule is COC(=O)c1cccc2c1SC(C(C)(C)OC)C2. The lowest BCUT2D eigenvalue weighted by Gasteiger charge is -2.29. The highest BCUT2D eigenvalue weighted by Crippen LogP contribution is 2.44. The van der Waals surface area contributed by atoms with Crippen molar-refractivity contribution in [3.8, 4) is 0 Å². The lowest BCUT2D eigenvalue weighted by molar-refractivity contribution is 0.0217. The highest BCUT2D eigenvalue weighted by atomic mass is 32.2. The van der Waals surface area contributed by atoms with Crippen LogP contribution < -0.4 is 0 Å². The number of carbonyl (C=O) groups excluding carboxylic acids is 1. The molecule has 1 heterocycles. The fraction of sp³-hybridized carbons (Fsp3) is 0.500. The first-order chi connectivity index (χ1) is 8.49. The van der Waals surface area contributed by atoms with Gasteiger partial charge >= 0.3 is 5.97 Å². The van der Waals surface area contributed by atoms with E-state index in [4.69, 9.17) is 9.47 Å². The highest BCUT2D eigenvalue weighted by molar-refractivity contribution is 8.00. The van der Waals surface area contributed by atoms with Crippen molar-refractivity contribution in [2.75, 3.05) is 14.2 Å². The van der Waals surface area contributed by atoms with Crippen LogP contribution in [0.25, 0.3) is 0 Å². The van der Waals surface area contributed by atoms with Crippen LogP contribution in [0.1, 0.15) is 29.8 Å². The van der Waals surface area contributed by atoms with Gasteiger partial charge in [-0.25, -0.2) is 4.79 Å². The molecule has 0 fully saturated rings. The second-order valence-corrected chi connectivity index (χ2v) is 6.12. The van der Waals surface area contributed by atoms with E-state index in [-0.39, 0.29) is 11.6 Å². The second kappa shape index (κ2) is 4.94. The van der Waals surface area contributed by atoms with E-state index in [1.165, 1.54) is 12.7 Å². The van der Waals surface area contributed by atoms with E-state index < -0.39 is 0 Å². The number of fused-ring (bicyclic) bond motifs is 1. The third kappa shape index (κ3) is 2.27. The van der Waals surface area contributed by atoms with Crippen LogP contribution in [-0.2, 0) is 15.9 Å². The Morgan fingerprint density at radius 2 is 2.11 bits per heavy atom. The summed E-state index contributed by atoms with van der Waals surface area (Å²) in [7, 11) is 3.14. The minimum atomic E-state index is -0.268. The number of rotatable bonds is 3. The summed E-state index contributed by atoms with van der Waals surface area (Å²) >= 11 is 1.71. The Labute approximate surface area is 112 Å². The van der Waals surface area contributed by atoms with Crippen molar-refractivity contribution < 1.29 is 14.3 Å². The molecule has 0 N–H and O–H groups in total. The Morgan fingerprint density at radius 1 is 1.39 bits per heavy atom. The van der Waals surface area contributed by atoms with Gasteiger partial charge in [-0.1, -0.05) is 12.1 Å². The monoisotopic (exact) mass is 266 g/mol. The Bertz CT molecular complexity index is 468. The van der Waals surface area contributed by atoms with Gasteiger partial charge < -0.3 is 9.47 Å². The second-order valence-electron chi connectivity index (χ2n) is 4.90. The van der Waals surface area contributed by atoms with E-state index in [2.05, 4.69) is 19.9 Å². The van der Waals surface area contributed by atoms with Gasteiger partial charge in [0.25, 0.3) is 0 Å². The summed E-state index contributed by atoms with van der Waals surface area (Å²) < 4.78 is 10.4. The summed E-state index contributed by atoms with van der Waals surface area (Å²) in [4.78, 5) is 12.8. The summed E-state index contributed by atoms with van der Waals surface area (Å²) in [6.45, 7) is 4.16. The maximum Gasteiger partial charge on any atom is 0.339 e. The minimum Gasteiger partial charge on any atom is -0.465 e. The van der Waals surface area contributed by atoms with Crippen molar-refractivity contribution >= 4 is 17.7 Å². The number of benzene rings is 1. The average molecular weight is 266 g/mol. The summed E-state index contributed by atoms with van der Waals surface area (Å²) in [5.41, 5.74) is 1.66. The van der Waals surface area contributed by atoms with Gasteiger partial charge in [0.2, 0.25) is 0 Å². The molecule has 1 aromatic carbocycles. The molecule has 0 aliphatic carbocycles. The van der Waals surface area contributed by atoms with E-state index in [1.54, 1.807) is 18.9 Å². The largest absolute Gasteiger partial charge is 0.465 e. The van der Waals surface area contributed by atoms with Gasteiger partial charge in [0.15, 0.2) is 0 Å². The van der Waals surface area contributed by atoms with Crippen molar-refractivity contribution in [3.63, 3.8) is 0 Å². The van der Waals surface area contributed by atoms with Crippen LogP contribution in [0, 0.1) is 0 Å². The molecule has 18 heavy (non-hydrogen) atoms. The van der Waals surface area contributed by atoms with Crippen molar-refractivity contribution in [1.82, 2.24) is 0 Å². The van der Waals surface area contributed by atoms with Gasteiger partial charge in [0.05, 0.1) is 18.3 Å². The van der Waals surface area contributed by atoms with E-state index in [0.29, 0.717) is 10.8 Å². The first-order valence-electron chi connectivity index (χ1n) is 5.91. The van der Waals surface area contributed by atoms with Crippen LogP contribution in [0.5, 0.6) is 0 Å². The zero-order chi connectivity index (χ0) is 13.3. The molecule has 4 heteroatoms. The molecule has 0 spiro atoms. The van der Waals surface area contributed by atoms with Crippen LogP contribution in [-0.4, -0.2) is 31.0 Å². The molecule has 1 aliphatic rings. The average Bonchev–Trinajstić information content (AvgIpc) is 2.82. The lowest BCUT2D eigenvalue weighted by atomic mass is 9.97. The smallest absolute Gasteiger partial charge is 0.339 e. The normalized spacial score (nSPS) is 18.6. The van der Waals surface area contributed by atoms with Gasteiger partial charge in [-0.15, -0.1) is 11.8 Å². The molecule has 0 saturated carbocycles. The molecule has 1 aromatic rings. The molecule has 0 radical (unpaired) electrons. The summed E-state index contributed by atoms with van der Waals surface area (Å²) in [6, 6.07) is 5.80. The van der Waals surface area contributed by atoms with E-state index in [9.17, 15) is 4.79 Å². The topological polar surface area (TPSA) is 35.5 Å². The van der Waals surface area contributed by atoms with Gasteiger partial charge in [-0.05, 0) is 31.9 Å². The van der Waals surface area contributed by atoms with E-state index >= 15 is 0 Å². The number of thioether (sulfide) groups is 1. The molecule has 3 nitrogen and oxygen atoms in total. The standard InChI is InChI=1S/C14H18O3S/c1-14(2,17-4)11-8-9-6-5-7-10(12(9)18-11)13(15)16-3/h5-7,11H,8H2,1-4H3. The summed E-state index contributed by atoms with van der Waals surface area (Å²) in [6.07, 6.45) is 0.922. The van der Waals surface area contributed by atoms with Gasteiger partial charge in [0.1, 0.15) is 0 Å². The fourth-order valence-electron chi connectivity index (χ4n) is 2.06. The van der Waals surface area contributed by atoms with Crippen molar-refractivity contribution in [1.29, 1.82) is 0 Å². The highest BCUT2D eigenvalue weighted by Gasteiger charge is 2.37. The summed E-state index contributed by atoms with van der Waals surface area (Å²) in [5.74, 6) is -0.268. The third-order valence-corrected chi connectivity index (χ3v) is 5.21. The third-order valence-electron chi connectivity index (χ3n) is 3.47. The molecule has 0 saturated heterocycles. The number of ether oxygens (including phenoxy) is 2. The maximum atomic E-state index is 11.7. The van der Waals surface area contributed by atoms with Gasteiger partial charge in [-0.3, -0.25) is 0 Å². The van der Waals surface area contributed by atoms with Crippen LogP contribution in [0.15, 0.2) is 23.1 Å². The quantitative estimate of drug-likeness (QED) is 0.788. The number of hydrogen-bond donors (Lipinski definition) is 0. The number of hydrogen-bond acceptors (Lipinski definition) is 4. The molecule has 1 unspecified atom stereocenters. The molecular formula is C14H18O3S. The van der Waals surface area contributed by atoms with Crippen LogP contribution in [0.4, 0.5) is 0 Å². The molecule has 98 valence electrons. The Morgan fingerprint density at radius 3 is 2.72 bits per heavy atom. The van der Waals surface area contributed by atoms with Crippen LogP contribution in [0.3, 0.4) is 0 Å². The molecule has 0 bridgehead atoms. The number of carbonyl (C=O) groups is 1. The Kier molecular flexibility index (Phi) is 3.69. The molecule has 0 aromatic heterocycles. The number of methoxy groups -OCH3 is 2. The van der Waals surface area contributed by atoms with Crippen molar-refractivity contribution in [2.45, 2.75) is 36.0 Å². The molecule has 1 atom stereocenters. The lowest BCUT2D eigenvalue weighted by Crippen LogP contribution is -2.35. The van der Waals surface area contributed by atoms with E-state index in [0.717, 1.165) is 11.3 Å². The minimum absolute atomic E-state index is 0.211. The molecule has 2 rings (SSSR count). The predicted molar refractivity (Wildman–Crippen MR) is 72.2 cm³/mol. The Hall–Kier alpha value is -1.00. The maximum absolute atomic E-state index is 11.7. The van der Waals surface area contributed by atoms with Crippen molar-refractivity contribution in [2.24, 2.45) is 0 Å². The fourth-order valence-corrected chi connectivity index (χ4v) is 3.57. The van der Waals surface area contributed by atoms with Crippen LogP contribution >= 0.6 is 11.8 Å². The zero-order valence-corrected chi connectivity index (χ0v) is 12.0. The van der Waals surface area contributed by atoms with Crippen molar-refractivity contribution in [3.05, 3.63) is 29.3 Å². The van der Waals surface area contributed by atoms with E-state index in [1.807, 2.05) is 12.1 Å². The zero-order valence-electron chi connectivity index (χ0n) is 11.1. The Balaban J connectivity index is 2.33. The molecular weight excluding hydrogens is 248 g/mol. The molecule has 1 aliphatic heterocycles. The van der Waals surface area contributed by atoms with Gasteiger partial charge in [0, 0.05) is 17.3 Å². The first kappa shape index (κ1) is 13.4. The van der Waals surface area contributed by atoms with Crippen LogP contribution in [0.2, 0.25) is 0 Å². The molecule has 0 amide bonds. The predicted octanol–water partition coefficient (Wildman–Crippen LogP) is 2.92. The first-order valence-corrected chi connectivity index (χ1v) is 6.79.